The highest BCUT2D eigenvalue weighted by atomic mass is 15.2. The maximum atomic E-state index is 3.74. The van der Waals surface area contributed by atoms with E-state index in [1.54, 1.807) is 0 Å². The Balaban J connectivity index is 1.75. The third kappa shape index (κ3) is 4.75. The zero-order valence-corrected chi connectivity index (χ0v) is 13.4. The molecule has 1 unspecified atom stereocenters. The van der Waals surface area contributed by atoms with Gasteiger partial charge >= 0.3 is 0 Å². The summed E-state index contributed by atoms with van der Waals surface area (Å²) in [7, 11) is 0. The van der Waals surface area contributed by atoms with Crippen LogP contribution in [0, 0.1) is 11.8 Å². The van der Waals surface area contributed by atoms with E-state index in [4.69, 9.17) is 0 Å². The third-order valence-electron chi connectivity index (χ3n) is 5.54. The fourth-order valence-corrected chi connectivity index (χ4v) is 3.73. The first-order valence-corrected chi connectivity index (χ1v) is 8.59. The van der Waals surface area contributed by atoms with Crippen molar-refractivity contribution in [3.8, 4) is 0 Å². The average molecular weight is 266 g/mol. The number of hydrogen-bond acceptors (Lipinski definition) is 2. The molecule has 1 atom stereocenters. The molecule has 1 saturated carbocycles. The minimum Gasteiger partial charge on any atom is -0.310 e. The summed E-state index contributed by atoms with van der Waals surface area (Å²) < 4.78 is 0. The van der Waals surface area contributed by atoms with Crippen molar-refractivity contribution >= 4 is 0 Å². The van der Waals surface area contributed by atoms with Gasteiger partial charge in [-0.1, -0.05) is 39.5 Å². The first-order chi connectivity index (χ1) is 9.11. The van der Waals surface area contributed by atoms with Gasteiger partial charge in [0, 0.05) is 12.1 Å². The Kier molecular flexibility index (Phi) is 5.70. The van der Waals surface area contributed by atoms with Gasteiger partial charge in [-0.25, -0.2) is 0 Å². The summed E-state index contributed by atoms with van der Waals surface area (Å²) in [6.07, 6.45) is 9.91. The summed E-state index contributed by atoms with van der Waals surface area (Å²) >= 11 is 0. The molecule has 112 valence electrons. The topological polar surface area (TPSA) is 15.3 Å². The molecule has 1 N–H and O–H groups in total. The van der Waals surface area contributed by atoms with Crippen LogP contribution < -0.4 is 5.32 Å². The SMILES string of the molecule is CCC1(C)CN(CCC2CCC(C)CC2)CCCN1. The van der Waals surface area contributed by atoms with Crippen molar-refractivity contribution in [3.63, 3.8) is 0 Å². The van der Waals surface area contributed by atoms with E-state index < -0.39 is 0 Å². The molecule has 2 nitrogen and oxygen atoms in total. The van der Waals surface area contributed by atoms with Crippen molar-refractivity contribution in [1.29, 1.82) is 0 Å². The van der Waals surface area contributed by atoms with Gasteiger partial charge in [0.1, 0.15) is 0 Å². The van der Waals surface area contributed by atoms with Crippen LogP contribution in [0.5, 0.6) is 0 Å². The molecule has 1 saturated heterocycles. The van der Waals surface area contributed by atoms with Crippen LogP contribution in [0.1, 0.15) is 65.7 Å². The molecule has 0 aromatic carbocycles. The highest BCUT2D eigenvalue weighted by Crippen LogP contribution is 2.30. The molecular formula is C17H34N2. The summed E-state index contributed by atoms with van der Waals surface area (Å²) in [5.74, 6) is 2.00. The van der Waals surface area contributed by atoms with Crippen LogP contribution in [0.4, 0.5) is 0 Å². The van der Waals surface area contributed by atoms with Crippen molar-refractivity contribution in [3.05, 3.63) is 0 Å². The minimum atomic E-state index is 0.345. The zero-order valence-electron chi connectivity index (χ0n) is 13.4. The van der Waals surface area contributed by atoms with Crippen LogP contribution in [0.15, 0.2) is 0 Å². The Morgan fingerprint density at radius 2 is 1.95 bits per heavy atom. The lowest BCUT2D eigenvalue weighted by Crippen LogP contribution is -2.48. The third-order valence-corrected chi connectivity index (χ3v) is 5.54. The molecular weight excluding hydrogens is 232 g/mol. The van der Waals surface area contributed by atoms with Gasteiger partial charge in [0.2, 0.25) is 0 Å². The predicted octanol–water partition coefficient (Wildman–Crippen LogP) is 3.67. The van der Waals surface area contributed by atoms with E-state index in [2.05, 4.69) is 31.0 Å². The van der Waals surface area contributed by atoms with Crippen LogP contribution in [0.25, 0.3) is 0 Å². The number of rotatable bonds is 4. The Labute approximate surface area is 120 Å². The van der Waals surface area contributed by atoms with Crippen LogP contribution in [-0.4, -0.2) is 36.6 Å². The molecule has 0 amide bonds. The molecule has 0 aromatic rings. The summed E-state index contributed by atoms with van der Waals surface area (Å²) in [5.41, 5.74) is 0.345. The quantitative estimate of drug-likeness (QED) is 0.835. The summed E-state index contributed by atoms with van der Waals surface area (Å²) in [6.45, 7) is 12.2. The van der Waals surface area contributed by atoms with E-state index >= 15 is 0 Å². The van der Waals surface area contributed by atoms with Gasteiger partial charge in [-0.2, -0.15) is 0 Å². The summed E-state index contributed by atoms with van der Waals surface area (Å²) in [4.78, 5) is 2.72. The molecule has 19 heavy (non-hydrogen) atoms. The summed E-state index contributed by atoms with van der Waals surface area (Å²) in [5, 5.41) is 3.74. The largest absolute Gasteiger partial charge is 0.310 e. The zero-order chi connectivity index (χ0) is 13.7. The molecule has 0 aromatic heterocycles. The average Bonchev–Trinajstić information content (AvgIpc) is 2.61. The lowest BCUT2D eigenvalue weighted by Gasteiger charge is -2.34. The fraction of sp³-hybridized carbons (Fsp3) is 1.00. The number of nitrogens with zero attached hydrogens (tertiary/aromatic N) is 1. The van der Waals surface area contributed by atoms with Crippen molar-refractivity contribution in [2.45, 2.75) is 71.3 Å². The van der Waals surface area contributed by atoms with Crippen LogP contribution in [0.2, 0.25) is 0 Å². The monoisotopic (exact) mass is 266 g/mol. The van der Waals surface area contributed by atoms with Crippen LogP contribution in [-0.2, 0) is 0 Å². The van der Waals surface area contributed by atoms with Gasteiger partial charge in [0.25, 0.3) is 0 Å². The van der Waals surface area contributed by atoms with Crippen LogP contribution in [0.3, 0.4) is 0 Å². The molecule has 1 aliphatic carbocycles. The van der Waals surface area contributed by atoms with Crippen molar-refractivity contribution in [2.24, 2.45) is 11.8 Å². The molecule has 2 rings (SSSR count). The first kappa shape index (κ1) is 15.3. The highest BCUT2D eigenvalue weighted by molar-refractivity contribution is 4.88. The molecule has 0 radical (unpaired) electrons. The van der Waals surface area contributed by atoms with Crippen molar-refractivity contribution in [2.75, 3.05) is 26.2 Å². The smallest absolute Gasteiger partial charge is 0.0277 e. The van der Waals surface area contributed by atoms with Gasteiger partial charge in [-0.3, -0.25) is 0 Å². The molecule has 2 aliphatic rings. The Bertz CT molecular complexity index is 258. The van der Waals surface area contributed by atoms with Gasteiger partial charge in [0.15, 0.2) is 0 Å². The Hall–Kier alpha value is -0.0800. The molecule has 1 aliphatic heterocycles. The van der Waals surface area contributed by atoms with E-state index in [9.17, 15) is 0 Å². The summed E-state index contributed by atoms with van der Waals surface area (Å²) in [6, 6.07) is 0. The standard InChI is InChI=1S/C17H34N2/c1-4-17(3)14-19(12-5-11-18-17)13-10-16-8-6-15(2)7-9-16/h15-16,18H,4-14H2,1-3H3. The molecule has 0 bridgehead atoms. The highest BCUT2D eigenvalue weighted by Gasteiger charge is 2.27. The second-order valence-corrected chi connectivity index (χ2v) is 7.39. The van der Waals surface area contributed by atoms with E-state index in [1.807, 2.05) is 0 Å². The molecule has 0 spiro atoms. The number of hydrogen-bond donors (Lipinski definition) is 1. The van der Waals surface area contributed by atoms with E-state index in [1.165, 1.54) is 71.1 Å². The Morgan fingerprint density at radius 1 is 1.21 bits per heavy atom. The van der Waals surface area contributed by atoms with Crippen molar-refractivity contribution < 1.29 is 0 Å². The maximum Gasteiger partial charge on any atom is 0.0277 e. The molecule has 2 fully saturated rings. The van der Waals surface area contributed by atoms with Gasteiger partial charge in [-0.05, 0) is 57.7 Å². The van der Waals surface area contributed by atoms with Gasteiger partial charge in [0.05, 0.1) is 0 Å². The van der Waals surface area contributed by atoms with Gasteiger partial charge in [-0.15, -0.1) is 0 Å². The van der Waals surface area contributed by atoms with Crippen LogP contribution >= 0.6 is 0 Å². The second-order valence-electron chi connectivity index (χ2n) is 7.39. The lowest BCUT2D eigenvalue weighted by atomic mass is 9.81. The first-order valence-electron chi connectivity index (χ1n) is 8.59. The normalized spacial score (nSPS) is 38.1. The Morgan fingerprint density at radius 3 is 2.63 bits per heavy atom. The minimum absolute atomic E-state index is 0.345. The van der Waals surface area contributed by atoms with E-state index in [0.717, 1.165) is 11.8 Å². The van der Waals surface area contributed by atoms with Gasteiger partial charge < -0.3 is 10.2 Å². The lowest BCUT2D eigenvalue weighted by molar-refractivity contribution is 0.186. The van der Waals surface area contributed by atoms with E-state index in [0.29, 0.717) is 5.54 Å². The molecule has 2 heteroatoms. The van der Waals surface area contributed by atoms with E-state index in [-0.39, 0.29) is 0 Å². The van der Waals surface area contributed by atoms with Crippen molar-refractivity contribution in [1.82, 2.24) is 10.2 Å². The maximum absolute atomic E-state index is 3.74. The predicted molar refractivity (Wildman–Crippen MR) is 83.5 cm³/mol. The second kappa shape index (κ2) is 7.08. The fourth-order valence-electron chi connectivity index (χ4n) is 3.73. The molecule has 1 heterocycles. The number of nitrogens with one attached hydrogen (secondary N) is 1.